The fraction of sp³-hybridized carbons (Fsp3) is 0.571. The summed E-state index contributed by atoms with van der Waals surface area (Å²) in [6.45, 7) is 7.23. The number of hydrogen-bond acceptors (Lipinski definition) is 3. The van der Waals surface area contributed by atoms with Gasteiger partial charge in [0.2, 0.25) is 0 Å². The molecule has 0 saturated heterocycles. The van der Waals surface area contributed by atoms with Crippen molar-refractivity contribution in [2.45, 2.75) is 33.6 Å². The number of pyridine rings is 1. The fourth-order valence-corrected chi connectivity index (χ4v) is 1.85. The molecule has 1 N–H and O–H groups in total. The Morgan fingerprint density at radius 1 is 1.56 bits per heavy atom. The lowest BCUT2D eigenvalue weighted by Crippen LogP contribution is -2.33. The van der Waals surface area contributed by atoms with Gasteiger partial charge >= 0.3 is 5.97 Å². The van der Waals surface area contributed by atoms with Crippen molar-refractivity contribution in [2.24, 2.45) is 5.92 Å². The van der Waals surface area contributed by atoms with Crippen LogP contribution in [0.3, 0.4) is 0 Å². The van der Waals surface area contributed by atoms with Crippen LogP contribution in [0.4, 0.5) is 5.82 Å². The van der Waals surface area contributed by atoms with Gasteiger partial charge in [0.05, 0.1) is 5.92 Å². The molecule has 0 radical (unpaired) electrons. The SMILES string of the molecule is CCCCN(CC(C)C(=O)O)c1ncccc1C. The number of nitrogens with zero attached hydrogens (tertiary/aromatic N) is 2. The van der Waals surface area contributed by atoms with E-state index in [0.29, 0.717) is 6.54 Å². The largest absolute Gasteiger partial charge is 0.481 e. The van der Waals surface area contributed by atoms with E-state index in [0.717, 1.165) is 30.8 Å². The smallest absolute Gasteiger partial charge is 0.308 e. The predicted molar refractivity (Wildman–Crippen MR) is 72.9 cm³/mol. The minimum absolute atomic E-state index is 0.386. The van der Waals surface area contributed by atoms with E-state index >= 15 is 0 Å². The first kappa shape index (κ1) is 14.5. The van der Waals surface area contributed by atoms with Crippen molar-refractivity contribution < 1.29 is 9.90 Å². The molecule has 1 aromatic rings. The molecule has 0 amide bonds. The van der Waals surface area contributed by atoms with Gasteiger partial charge in [0, 0.05) is 19.3 Å². The van der Waals surface area contributed by atoms with E-state index in [1.807, 2.05) is 19.1 Å². The Bertz CT molecular complexity index is 393. The molecule has 0 spiro atoms. The van der Waals surface area contributed by atoms with Gasteiger partial charge < -0.3 is 10.0 Å². The second-order valence-corrected chi connectivity index (χ2v) is 4.68. The first-order valence-electron chi connectivity index (χ1n) is 6.45. The van der Waals surface area contributed by atoms with Crippen molar-refractivity contribution >= 4 is 11.8 Å². The zero-order valence-electron chi connectivity index (χ0n) is 11.4. The number of aryl methyl sites for hydroxylation is 1. The Kier molecular flexibility index (Phi) is 5.62. The van der Waals surface area contributed by atoms with Crippen LogP contribution in [0.15, 0.2) is 18.3 Å². The van der Waals surface area contributed by atoms with Gasteiger partial charge in [-0.25, -0.2) is 4.98 Å². The van der Waals surface area contributed by atoms with Gasteiger partial charge in [0.1, 0.15) is 5.82 Å². The molecule has 4 heteroatoms. The number of anilines is 1. The standard InChI is InChI=1S/C14H22N2O2/c1-4-5-9-16(10-12(3)14(17)18)13-11(2)7-6-8-15-13/h6-8,12H,4-5,9-10H2,1-3H3,(H,17,18). The third-order valence-electron chi connectivity index (χ3n) is 2.98. The molecule has 0 aliphatic rings. The third-order valence-corrected chi connectivity index (χ3v) is 2.98. The number of hydrogen-bond donors (Lipinski definition) is 1. The number of aliphatic carboxylic acids is 1. The molecule has 0 fully saturated rings. The lowest BCUT2D eigenvalue weighted by atomic mass is 10.1. The summed E-state index contributed by atoms with van der Waals surface area (Å²) in [6, 6.07) is 3.91. The summed E-state index contributed by atoms with van der Waals surface area (Å²) < 4.78 is 0. The highest BCUT2D eigenvalue weighted by atomic mass is 16.4. The number of carboxylic acid groups (broad SMARTS) is 1. The molecular formula is C14H22N2O2. The molecular weight excluding hydrogens is 228 g/mol. The highest BCUT2D eigenvalue weighted by Crippen LogP contribution is 2.18. The van der Waals surface area contributed by atoms with E-state index in [4.69, 9.17) is 5.11 Å². The lowest BCUT2D eigenvalue weighted by molar-refractivity contribution is -0.140. The normalized spacial score (nSPS) is 12.2. The van der Waals surface area contributed by atoms with Crippen LogP contribution in [-0.4, -0.2) is 29.1 Å². The number of aromatic nitrogens is 1. The number of carboxylic acids is 1. The molecule has 1 atom stereocenters. The van der Waals surface area contributed by atoms with Crippen molar-refractivity contribution in [3.63, 3.8) is 0 Å². The summed E-state index contributed by atoms with van der Waals surface area (Å²) in [4.78, 5) is 17.4. The zero-order valence-corrected chi connectivity index (χ0v) is 11.4. The highest BCUT2D eigenvalue weighted by molar-refractivity contribution is 5.70. The maximum absolute atomic E-state index is 11.0. The average Bonchev–Trinajstić information content (AvgIpc) is 2.35. The fourth-order valence-electron chi connectivity index (χ4n) is 1.85. The first-order chi connectivity index (χ1) is 8.56. The van der Waals surface area contributed by atoms with E-state index < -0.39 is 5.97 Å². The van der Waals surface area contributed by atoms with Gasteiger partial charge in [0.25, 0.3) is 0 Å². The van der Waals surface area contributed by atoms with E-state index in [2.05, 4.69) is 16.8 Å². The molecule has 1 heterocycles. The summed E-state index contributed by atoms with van der Waals surface area (Å²) in [5, 5.41) is 9.03. The Morgan fingerprint density at radius 3 is 2.83 bits per heavy atom. The molecule has 0 saturated carbocycles. The third kappa shape index (κ3) is 4.02. The highest BCUT2D eigenvalue weighted by Gasteiger charge is 2.18. The Hall–Kier alpha value is -1.58. The quantitative estimate of drug-likeness (QED) is 0.808. The summed E-state index contributed by atoms with van der Waals surface area (Å²) in [5.41, 5.74) is 1.09. The van der Waals surface area contributed by atoms with E-state index in [1.165, 1.54) is 0 Å². The zero-order chi connectivity index (χ0) is 13.5. The molecule has 100 valence electrons. The predicted octanol–water partition coefficient (Wildman–Crippen LogP) is 2.72. The van der Waals surface area contributed by atoms with Crippen LogP contribution >= 0.6 is 0 Å². The average molecular weight is 250 g/mol. The molecule has 1 aromatic heterocycles. The van der Waals surface area contributed by atoms with Gasteiger partial charge in [0.15, 0.2) is 0 Å². The van der Waals surface area contributed by atoms with Crippen molar-refractivity contribution in [3.05, 3.63) is 23.9 Å². The summed E-state index contributed by atoms with van der Waals surface area (Å²) in [6.07, 6.45) is 3.89. The van der Waals surface area contributed by atoms with Crippen LogP contribution in [0.1, 0.15) is 32.3 Å². The maximum Gasteiger partial charge on any atom is 0.308 e. The Balaban J connectivity index is 2.84. The monoisotopic (exact) mass is 250 g/mol. The Morgan fingerprint density at radius 2 is 2.28 bits per heavy atom. The second-order valence-electron chi connectivity index (χ2n) is 4.68. The summed E-state index contributed by atoms with van der Waals surface area (Å²) >= 11 is 0. The Labute approximate surface area is 109 Å². The molecule has 0 aromatic carbocycles. The van der Waals surface area contributed by atoms with E-state index in [-0.39, 0.29) is 5.92 Å². The molecule has 0 bridgehead atoms. The minimum Gasteiger partial charge on any atom is -0.481 e. The van der Waals surface area contributed by atoms with Crippen LogP contribution < -0.4 is 4.90 Å². The van der Waals surface area contributed by atoms with Crippen molar-refractivity contribution in [2.75, 3.05) is 18.0 Å². The van der Waals surface area contributed by atoms with E-state index in [9.17, 15) is 4.79 Å². The number of unbranched alkanes of at least 4 members (excludes halogenated alkanes) is 1. The van der Waals surface area contributed by atoms with Crippen molar-refractivity contribution in [1.82, 2.24) is 4.98 Å². The summed E-state index contributed by atoms with van der Waals surface area (Å²) in [7, 11) is 0. The van der Waals surface area contributed by atoms with Gasteiger partial charge in [-0.3, -0.25) is 4.79 Å². The van der Waals surface area contributed by atoms with Crippen LogP contribution in [0.25, 0.3) is 0 Å². The topological polar surface area (TPSA) is 53.4 Å². The number of rotatable bonds is 7. The molecule has 1 unspecified atom stereocenters. The molecule has 4 nitrogen and oxygen atoms in total. The molecule has 1 rings (SSSR count). The molecule has 0 aliphatic heterocycles. The number of carbonyl (C=O) groups is 1. The summed E-state index contributed by atoms with van der Waals surface area (Å²) in [5.74, 6) is -0.243. The molecule has 18 heavy (non-hydrogen) atoms. The van der Waals surface area contributed by atoms with Crippen molar-refractivity contribution in [3.8, 4) is 0 Å². The van der Waals surface area contributed by atoms with Gasteiger partial charge in [-0.05, 0) is 25.0 Å². The minimum atomic E-state index is -0.759. The van der Waals surface area contributed by atoms with Crippen LogP contribution in [0, 0.1) is 12.8 Å². The lowest BCUT2D eigenvalue weighted by Gasteiger charge is -2.26. The van der Waals surface area contributed by atoms with Gasteiger partial charge in [-0.1, -0.05) is 26.3 Å². The van der Waals surface area contributed by atoms with E-state index in [1.54, 1.807) is 13.1 Å². The first-order valence-corrected chi connectivity index (χ1v) is 6.45. The van der Waals surface area contributed by atoms with Gasteiger partial charge in [-0.15, -0.1) is 0 Å². The molecule has 0 aliphatic carbocycles. The van der Waals surface area contributed by atoms with Crippen LogP contribution in [-0.2, 0) is 4.79 Å². The van der Waals surface area contributed by atoms with Gasteiger partial charge in [-0.2, -0.15) is 0 Å². The maximum atomic E-state index is 11.0. The van der Waals surface area contributed by atoms with Crippen molar-refractivity contribution in [1.29, 1.82) is 0 Å². The van der Waals surface area contributed by atoms with Crippen LogP contribution in [0.2, 0.25) is 0 Å². The van der Waals surface area contributed by atoms with Crippen LogP contribution in [0.5, 0.6) is 0 Å². The second kappa shape index (κ2) is 6.99.